The minimum atomic E-state index is -1.90. The maximum atomic E-state index is 12.6. The number of aliphatic hydroxyl groups is 3. The van der Waals surface area contributed by atoms with Crippen LogP contribution in [-0.2, 0) is 21.7 Å². The van der Waals surface area contributed by atoms with Crippen LogP contribution < -0.4 is 10.1 Å². The Morgan fingerprint density at radius 2 is 1.97 bits per heavy atom. The molecule has 30 heavy (non-hydrogen) atoms. The van der Waals surface area contributed by atoms with Crippen molar-refractivity contribution >= 4 is 17.5 Å². The minimum absolute atomic E-state index is 0.0498. The number of carbonyl (C=O) groups excluding carboxylic acids is 1. The van der Waals surface area contributed by atoms with Crippen LogP contribution in [0.2, 0.25) is 5.02 Å². The van der Waals surface area contributed by atoms with Crippen LogP contribution in [0.3, 0.4) is 0 Å². The quantitative estimate of drug-likeness (QED) is 0.549. The highest BCUT2D eigenvalue weighted by molar-refractivity contribution is 6.31. The normalized spacial score (nSPS) is 30.2. The molecule has 0 aliphatic carbocycles. The van der Waals surface area contributed by atoms with E-state index in [0.29, 0.717) is 23.6 Å². The molecule has 2 saturated heterocycles. The largest absolute Gasteiger partial charge is 0.494 e. The van der Waals surface area contributed by atoms with E-state index in [2.05, 4.69) is 5.32 Å². The van der Waals surface area contributed by atoms with E-state index in [9.17, 15) is 20.1 Å². The monoisotopic (exact) mass is 433 g/mol. The van der Waals surface area contributed by atoms with E-state index in [-0.39, 0.29) is 6.42 Å². The number of hydrogen-bond donors (Lipinski definition) is 4. The first-order valence-electron chi connectivity index (χ1n) is 9.84. The number of nitrogens with one attached hydrogen (secondary N) is 1. The third-order valence-electron chi connectivity index (χ3n) is 5.77. The van der Waals surface area contributed by atoms with Gasteiger partial charge >= 0.3 is 0 Å². The van der Waals surface area contributed by atoms with Crippen LogP contribution >= 0.6 is 11.6 Å². The molecule has 0 saturated carbocycles. The minimum Gasteiger partial charge on any atom is -0.494 e. The van der Waals surface area contributed by atoms with Gasteiger partial charge in [0.25, 0.3) is 5.91 Å². The summed E-state index contributed by atoms with van der Waals surface area (Å²) in [7, 11) is 0. The summed E-state index contributed by atoms with van der Waals surface area (Å²) >= 11 is 6.42. The summed E-state index contributed by atoms with van der Waals surface area (Å²) in [6.45, 7) is 1.78. The van der Waals surface area contributed by atoms with E-state index in [1.807, 2.05) is 37.3 Å². The number of hydrogen-bond acceptors (Lipinski definition) is 6. The first-order valence-corrected chi connectivity index (χ1v) is 10.2. The van der Waals surface area contributed by atoms with E-state index < -0.39 is 36.0 Å². The van der Waals surface area contributed by atoms with Crippen molar-refractivity contribution in [3.8, 4) is 5.75 Å². The number of ether oxygens (including phenoxy) is 2. The smallest absolute Gasteiger partial charge is 0.260 e. The highest BCUT2D eigenvalue weighted by Crippen LogP contribution is 2.46. The Bertz CT molecular complexity index is 951. The van der Waals surface area contributed by atoms with Crippen molar-refractivity contribution in [1.29, 1.82) is 0 Å². The van der Waals surface area contributed by atoms with Crippen LogP contribution in [0, 0.1) is 0 Å². The van der Waals surface area contributed by atoms with Crippen LogP contribution in [0.15, 0.2) is 42.5 Å². The summed E-state index contributed by atoms with van der Waals surface area (Å²) in [5, 5.41) is 33.7. The van der Waals surface area contributed by atoms with Gasteiger partial charge in [-0.2, -0.15) is 0 Å². The second kappa shape index (κ2) is 7.83. The van der Waals surface area contributed by atoms with Crippen molar-refractivity contribution in [2.45, 2.75) is 43.3 Å². The lowest BCUT2D eigenvalue weighted by molar-refractivity contribution is -0.244. The van der Waals surface area contributed by atoms with Crippen molar-refractivity contribution in [2.24, 2.45) is 0 Å². The zero-order valence-electron chi connectivity index (χ0n) is 16.5. The van der Waals surface area contributed by atoms with Gasteiger partial charge in [0.1, 0.15) is 11.9 Å². The summed E-state index contributed by atoms with van der Waals surface area (Å²) < 4.78 is 11.4. The SMILES string of the molecule is CCOc1ccc(Cc2cc([C@@]34CC(O)[C@H](O)[C@@](CO)(O3)C(=O)N4)ccc2Cl)cc1. The fourth-order valence-electron chi connectivity index (χ4n) is 4.17. The highest BCUT2D eigenvalue weighted by atomic mass is 35.5. The molecule has 4 rings (SSSR count). The fraction of sp³-hybridized carbons (Fsp3) is 0.409. The van der Waals surface area contributed by atoms with Crippen molar-refractivity contribution < 1.29 is 29.6 Å². The third-order valence-corrected chi connectivity index (χ3v) is 6.14. The summed E-state index contributed by atoms with van der Waals surface area (Å²) in [5.41, 5.74) is -0.825. The number of carbonyl (C=O) groups is 1. The molecule has 0 radical (unpaired) electrons. The topological polar surface area (TPSA) is 108 Å². The van der Waals surface area contributed by atoms with Gasteiger partial charge in [-0.3, -0.25) is 4.79 Å². The molecule has 8 heteroatoms. The van der Waals surface area contributed by atoms with E-state index in [1.165, 1.54) is 0 Å². The second-order valence-electron chi connectivity index (χ2n) is 7.71. The number of amides is 1. The van der Waals surface area contributed by atoms with Gasteiger partial charge in [-0.15, -0.1) is 0 Å². The maximum Gasteiger partial charge on any atom is 0.260 e. The lowest BCUT2D eigenvalue weighted by Crippen LogP contribution is -2.60. The molecule has 2 aliphatic heterocycles. The first-order chi connectivity index (χ1) is 14.3. The molecule has 7 nitrogen and oxygen atoms in total. The lowest BCUT2D eigenvalue weighted by Gasteiger charge is -2.42. The average Bonchev–Trinajstić information content (AvgIpc) is 2.99. The molecule has 0 spiro atoms. The van der Waals surface area contributed by atoms with Crippen molar-refractivity contribution in [3.63, 3.8) is 0 Å². The molecular formula is C22H24ClNO6. The van der Waals surface area contributed by atoms with Crippen LogP contribution in [0.5, 0.6) is 5.75 Å². The van der Waals surface area contributed by atoms with Gasteiger partial charge in [-0.05, 0) is 48.7 Å². The van der Waals surface area contributed by atoms with Crippen LogP contribution in [0.1, 0.15) is 30.0 Å². The highest BCUT2D eigenvalue weighted by Gasteiger charge is 2.66. The van der Waals surface area contributed by atoms with Gasteiger partial charge in [0.2, 0.25) is 5.60 Å². The fourth-order valence-corrected chi connectivity index (χ4v) is 4.36. The zero-order valence-corrected chi connectivity index (χ0v) is 17.2. The van der Waals surface area contributed by atoms with E-state index in [0.717, 1.165) is 16.9 Å². The van der Waals surface area contributed by atoms with Crippen LogP contribution in [0.25, 0.3) is 0 Å². The van der Waals surface area contributed by atoms with E-state index in [1.54, 1.807) is 12.1 Å². The average molecular weight is 434 g/mol. The Balaban J connectivity index is 1.65. The van der Waals surface area contributed by atoms with Gasteiger partial charge in [-0.25, -0.2) is 0 Å². The molecule has 1 amide bonds. The van der Waals surface area contributed by atoms with Gasteiger partial charge in [0.05, 0.1) is 19.3 Å². The predicted octanol–water partition coefficient (Wildman–Crippen LogP) is 1.49. The molecule has 2 aromatic rings. The molecule has 2 fully saturated rings. The van der Waals surface area contributed by atoms with Crippen molar-refractivity contribution in [2.75, 3.05) is 13.2 Å². The molecule has 1 unspecified atom stereocenters. The van der Waals surface area contributed by atoms with Gasteiger partial charge < -0.3 is 30.1 Å². The van der Waals surface area contributed by atoms with Crippen molar-refractivity contribution in [3.05, 3.63) is 64.2 Å². The number of benzene rings is 2. The molecule has 4 N–H and O–H groups in total. The number of rotatable bonds is 6. The standard InChI is InChI=1S/C22H24ClNO6/c1-2-29-16-6-3-13(4-7-16)9-14-10-15(5-8-17(14)23)22-11-18(26)19(27)21(12-25,30-22)20(28)24-22/h3-8,10,18-19,25-27H,2,9,11-12H2,1H3,(H,24,28)/t18?,19-,21+,22+/m0/s1. The Labute approximate surface area is 179 Å². The molecule has 4 atom stereocenters. The molecule has 0 aromatic heterocycles. The number of aliphatic hydroxyl groups excluding tert-OH is 3. The van der Waals surface area contributed by atoms with E-state index in [4.69, 9.17) is 21.1 Å². The third kappa shape index (κ3) is 3.36. The predicted molar refractivity (Wildman–Crippen MR) is 109 cm³/mol. The Kier molecular flexibility index (Phi) is 5.50. The molecule has 2 aliphatic rings. The molecule has 2 aromatic carbocycles. The number of halogens is 1. The molecule has 2 bridgehead atoms. The Hall–Kier alpha value is -2.16. The van der Waals surface area contributed by atoms with Crippen LogP contribution in [-0.4, -0.2) is 52.2 Å². The Morgan fingerprint density at radius 1 is 1.23 bits per heavy atom. The summed E-state index contributed by atoms with van der Waals surface area (Å²) in [4.78, 5) is 12.6. The van der Waals surface area contributed by atoms with Crippen molar-refractivity contribution in [1.82, 2.24) is 5.32 Å². The summed E-state index contributed by atoms with van der Waals surface area (Å²) in [6.07, 6.45) is -2.27. The number of fused-ring (bicyclic) bond motifs is 2. The van der Waals surface area contributed by atoms with Gasteiger partial charge in [0.15, 0.2) is 5.72 Å². The van der Waals surface area contributed by atoms with Gasteiger partial charge in [-0.1, -0.05) is 29.8 Å². The van der Waals surface area contributed by atoms with Gasteiger partial charge in [0, 0.05) is 17.0 Å². The van der Waals surface area contributed by atoms with Crippen LogP contribution in [0.4, 0.5) is 0 Å². The summed E-state index contributed by atoms with van der Waals surface area (Å²) in [5.74, 6) is 0.134. The lowest BCUT2D eigenvalue weighted by atomic mass is 9.85. The van der Waals surface area contributed by atoms with E-state index >= 15 is 0 Å². The molecule has 160 valence electrons. The molecule has 2 heterocycles. The maximum absolute atomic E-state index is 12.6. The first kappa shape index (κ1) is 21.1. The summed E-state index contributed by atoms with van der Waals surface area (Å²) in [6, 6.07) is 12.9. The molecular weight excluding hydrogens is 410 g/mol. The Morgan fingerprint density at radius 3 is 2.63 bits per heavy atom. The zero-order chi connectivity index (χ0) is 21.5. The second-order valence-corrected chi connectivity index (χ2v) is 8.11.